The molecule has 2 heteroatoms. The summed E-state index contributed by atoms with van der Waals surface area (Å²) in [6.07, 6.45) is 13.5. The maximum atomic E-state index is 13.2. The van der Waals surface area contributed by atoms with Crippen LogP contribution in [-0.4, -0.2) is 5.11 Å². The zero-order valence-electron chi connectivity index (χ0n) is 18.9. The van der Waals surface area contributed by atoms with Crippen LogP contribution in [0.5, 0.6) is 0 Å². The van der Waals surface area contributed by atoms with Gasteiger partial charge in [-0.2, -0.15) is 0 Å². The number of rotatable bonds is 0. The number of allylic oxidation sites excluding steroid dienone is 5. The third-order valence-corrected chi connectivity index (χ3v) is 8.78. The van der Waals surface area contributed by atoms with Crippen molar-refractivity contribution in [3.05, 3.63) is 141 Å². The normalized spacial score (nSPS) is 24.5. The van der Waals surface area contributed by atoms with Gasteiger partial charge in [0.25, 0.3) is 0 Å². The predicted molar refractivity (Wildman–Crippen MR) is 147 cm³/mol. The highest BCUT2D eigenvalue weighted by molar-refractivity contribution is 9.10. The van der Waals surface area contributed by atoms with E-state index in [9.17, 15) is 5.11 Å². The summed E-state index contributed by atoms with van der Waals surface area (Å²) in [7, 11) is 0. The lowest BCUT2D eigenvalue weighted by atomic mass is 9.60. The Morgan fingerprint density at radius 2 is 1.51 bits per heavy atom. The summed E-state index contributed by atoms with van der Waals surface area (Å²) >= 11 is 3.70. The summed E-state index contributed by atoms with van der Waals surface area (Å²) in [5.41, 5.74) is 8.71. The Morgan fingerprint density at radius 1 is 0.714 bits per heavy atom. The van der Waals surface area contributed by atoms with Gasteiger partial charge in [0, 0.05) is 27.4 Å². The first-order valence-corrected chi connectivity index (χ1v) is 12.9. The summed E-state index contributed by atoms with van der Waals surface area (Å²) in [5, 5.41) is 15.7. The lowest BCUT2D eigenvalue weighted by molar-refractivity contribution is 0.111. The van der Waals surface area contributed by atoms with Gasteiger partial charge in [-0.25, -0.2) is 0 Å². The van der Waals surface area contributed by atoms with Gasteiger partial charge < -0.3 is 5.11 Å². The predicted octanol–water partition coefficient (Wildman–Crippen LogP) is 8.14. The van der Waals surface area contributed by atoms with Crippen molar-refractivity contribution < 1.29 is 5.11 Å². The summed E-state index contributed by atoms with van der Waals surface area (Å²) in [6, 6.07) is 25.8. The minimum Gasteiger partial charge on any atom is -0.376 e. The average Bonchev–Trinajstić information content (AvgIpc) is 3.02. The molecule has 1 N–H and O–H groups in total. The zero-order valence-corrected chi connectivity index (χ0v) is 20.5. The highest BCUT2D eigenvalue weighted by atomic mass is 79.9. The Morgan fingerprint density at radius 3 is 2.43 bits per heavy atom. The monoisotopic (exact) mass is 512 g/mol. The Hall–Kier alpha value is -3.46. The Balaban J connectivity index is 1.63. The molecular formula is C33H21BrO. The van der Waals surface area contributed by atoms with Crippen LogP contribution in [0.25, 0.3) is 34.1 Å². The van der Waals surface area contributed by atoms with Gasteiger partial charge in [0.1, 0.15) is 5.60 Å². The van der Waals surface area contributed by atoms with Crippen molar-refractivity contribution >= 4 is 38.9 Å². The molecule has 3 unspecified atom stereocenters. The van der Waals surface area contributed by atoms with Crippen LogP contribution in [0.3, 0.4) is 0 Å². The fourth-order valence-corrected chi connectivity index (χ4v) is 7.19. The molecule has 0 saturated carbocycles. The molecule has 4 aromatic rings. The Bertz CT molecular complexity index is 1730. The lowest BCUT2D eigenvalue weighted by Gasteiger charge is -2.45. The average molecular weight is 513 g/mol. The highest BCUT2D eigenvalue weighted by Gasteiger charge is 2.49. The first-order valence-electron chi connectivity index (χ1n) is 12.1. The van der Waals surface area contributed by atoms with Crippen LogP contribution < -0.4 is 0 Å². The van der Waals surface area contributed by atoms with Gasteiger partial charge >= 0.3 is 0 Å². The Labute approximate surface area is 212 Å². The van der Waals surface area contributed by atoms with E-state index in [0.29, 0.717) is 0 Å². The third-order valence-electron chi connectivity index (χ3n) is 8.29. The zero-order chi connectivity index (χ0) is 23.3. The van der Waals surface area contributed by atoms with Gasteiger partial charge in [-0.15, -0.1) is 0 Å². The molecule has 8 rings (SSSR count). The Kier molecular flexibility index (Phi) is 3.86. The lowest BCUT2D eigenvalue weighted by Crippen LogP contribution is -2.38. The van der Waals surface area contributed by atoms with Crippen LogP contribution >= 0.6 is 15.9 Å². The van der Waals surface area contributed by atoms with E-state index in [1.807, 2.05) is 0 Å². The van der Waals surface area contributed by atoms with Crippen molar-refractivity contribution in [2.75, 3.05) is 0 Å². The molecule has 0 amide bonds. The second-order valence-corrected chi connectivity index (χ2v) is 10.9. The number of benzene rings is 4. The maximum absolute atomic E-state index is 13.2. The third kappa shape index (κ3) is 2.46. The molecule has 4 bridgehead atoms. The van der Waals surface area contributed by atoms with Crippen molar-refractivity contribution in [3.8, 4) is 11.1 Å². The molecule has 166 valence electrons. The van der Waals surface area contributed by atoms with E-state index in [1.165, 1.54) is 27.5 Å². The first kappa shape index (κ1) is 19.8. The van der Waals surface area contributed by atoms with E-state index < -0.39 is 5.60 Å². The second-order valence-electron chi connectivity index (χ2n) is 9.94. The molecule has 0 fully saturated rings. The van der Waals surface area contributed by atoms with Crippen molar-refractivity contribution in [2.45, 2.75) is 11.5 Å². The molecular weight excluding hydrogens is 492 g/mol. The van der Waals surface area contributed by atoms with Crippen LogP contribution in [0.15, 0.2) is 113 Å². The summed E-state index contributed by atoms with van der Waals surface area (Å²) in [6.45, 7) is 0. The molecule has 0 heterocycles. The molecule has 4 aliphatic carbocycles. The van der Waals surface area contributed by atoms with E-state index in [4.69, 9.17) is 0 Å². The molecule has 0 saturated heterocycles. The van der Waals surface area contributed by atoms with Gasteiger partial charge in [0.05, 0.1) is 0 Å². The van der Waals surface area contributed by atoms with Gasteiger partial charge in [-0.3, -0.25) is 0 Å². The molecule has 0 aromatic heterocycles. The fourth-order valence-electron chi connectivity index (χ4n) is 6.83. The van der Waals surface area contributed by atoms with Crippen LogP contribution in [0, 0.1) is 5.92 Å². The van der Waals surface area contributed by atoms with Gasteiger partial charge in [0.2, 0.25) is 0 Å². The van der Waals surface area contributed by atoms with Gasteiger partial charge in [-0.1, -0.05) is 107 Å². The minimum absolute atomic E-state index is 0.0614. The molecule has 4 aromatic carbocycles. The topological polar surface area (TPSA) is 20.2 Å². The molecule has 0 radical (unpaired) electrons. The summed E-state index contributed by atoms with van der Waals surface area (Å²) in [5.74, 6) is 0.264. The van der Waals surface area contributed by atoms with Crippen molar-refractivity contribution in [2.24, 2.45) is 5.92 Å². The van der Waals surface area contributed by atoms with E-state index in [1.54, 1.807) is 0 Å². The van der Waals surface area contributed by atoms with E-state index in [2.05, 4.69) is 125 Å². The summed E-state index contributed by atoms with van der Waals surface area (Å²) < 4.78 is 0.970. The largest absolute Gasteiger partial charge is 0.376 e. The van der Waals surface area contributed by atoms with Crippen molar-refractivity contribution in [1.29, 1.82) is 0 Å². The van der Waals surface area contributed by atoms with Gasteiger partial charge in [0.15, 0.2) is 0 Å². The number of fused-ring (bicyclic) bond motifs is 5. The molecule has 0 aliphatic heterocycles. The number of hydrogen-bond acceptors (Lipinski definition) is 1. The number of hydrogen-bond donors (Lipinski definition) is 1. The van der Waals surface area contributed by atoms with E-state index >= 15 is 0 Å². The molecule has 0 spiro atoms. The number of halogens is 1. The van der Waals surface area contributed by atoms with Crippen LogP contribution in [0.2, 0.25) is 0 Å². The maximum Gasteiger partial charge on any atom is 0.139 e. The molecule has 1 nitrogen and oxygen atoms in total. The molecule has 3 atom stereocenters. The fraction of sp³-hybridized carbons (Fsp3) is 0.0909. The van der Waals surface area contributed by atoms with E-state index in [0.717, 1.165) is 37.9 Å². The van der Waals surface area contributed by atoms with Crippen molar-refractivity contribution in [1.82, 2.24) is 0 Å². The van der Waals surface area contributed by atoms with E-state index in [-0.39, 0.29) is 11.8 Å². The smallest absolute Gasteiger partial charge is 0.139 e. The minimum atomic E-state index is -1.27. The highest BCUT2D eigenvalue weighted by Crippen LogP contribution is 2.58. The quantitative estimate of drug-likeness (QED) is 0.252. The van der Waals surface area contributed by atoms with Crippen LogP contribution in [0.4, 0.5) is 0 Å². The number of aliphatic hydroxyl groups is 1. The van der Waals surface area contributed by atoms with Gasteiger partial charge in [-0.05, 0) is 67.9 Å². The molecule has 35 heavy (non-hydrogen) atoms. The molecule has 4 aliphatic rings. The SMILES string of the molecule is OC12C3=C(C=Cc4ccc(Br)cc41)C=CC1C=Cc4c(cc(c5ccccc45)-c4ccccc42)C31. The van der Waals surface area contributed by atoms with Crippen LogP contribution in [0.1, 0.15) is 33.7 Å². The standard InChI is InChI=1S/C33H21BrO/c34-22-15-13-19-9-11-21-12-10-20-14-16-25-23-5-1-2-6-24(23)27-18-28(25)31(20)32(21)33(35,30(19)17-22)29-8-4-3-7-26(27)29/h1-18,20,31,35H. The van der Waals surface area contributed by atoms with Crippen molar-refractivity contribution in [3.63, 3.8) is 0 Å². The van der Waals surface area contributed by atoms with Crippen LogP contribution in [-0.2, 0) is 5.60 Å². The summed E-state index contributed by atoms with van der Waals surface area (Å²) in [4.78, 5) is 0. The first-order chi connectivity index (χ1) is 17.1. The second kappa shape index (κ2) is 6.81.